The molecule has 2 rings (SSSR count). The Morgan fingerprint density at radius 3 is 2.40 bits per heavy atom. The molecular weight excluding hydrogens is 321 g/mol. The van der Waals surface area contributed by atoms with E-state index in [1.165, 1.54) is 0 Å². The third kappa shape index (κ3) is 5.46. The van der Waals surface area contributed by atoms with Crippen LogP contribution in [-0.4, -0.2) is 50.1 Å². The van der Waals surface area contributed by atoms with Gasteiger partial charge >= 0.3 is 0 Å². The predicted molar refractivity (Wildman–Crippen MR) is 85.4 cm³/mol. The van der Waals surface area contributed by atoms with Crippen molar-refractivity contribution in [3.8, 4) is 0 Å². The Kier molecular flexibility index (Phi) is 7.62. The van der Waals surface area contributed by atoms with Gasteiger partial charge in [0.25, 0.3) is 5.91 Å². The first-order chi connectivity index (χ1) is 9.15. The van der Waals surface area contributed by atoms with Gasteiger partial charge in [-0.25, -0.2) is 0 Å². The van der Waals surface area contributed by atoms with E-state index in [0.29, 0.717) is 22.2 Å². The lowest BCUT2D eigenvalue weighted by atomic mass is 10.2. The highest BCUT2D eigenvalue weighted by molar-refractivity contribution is 6.35. The molecule has 0 saturated carbocycles. The predicted octanol–water partition coefficient (Wildman–Crippen LogP) is 2.05. The van der Waals surface area contributed by atoms with Crippen molar-refractivity contribution in [3.63, 3.8) is 0 Å². The molecule has 0 unspecified atom stereocenters. The molecule has 1 aliphatic rings. The first-order valence-corrected chi connectivity index (χ1v) is 7.08. The summed E-state index contributed by atoms with van der Waals surface area (Å²) in [4.78, 5) is 14.3. The fourth-order valence-electron chi connectivity index (χ4n) is 2.05. The molecule has 0 aliphatic carbocycles. The number of nitrogens with zero attached hydrogens (tertiary/aromatic N) is 1. The summed E-state index contributed by atoms with van der Waals surface area (Å²) in [6.07, 6.45) is 0. The van der Waals surface area contributed by atoms with E-state index in [1.807, 2.05) is 0 Å². The van der Waals surface area contributed by atoms with Crippen molar-refractivity contribution in [1.29, 1.82) is 0 Å². The number of piperazine rings is 1. The van der Waals surface area contributed by atoms with Crippen molar-refractivity contribution in [2.24, 2.45) is 0 Å². The highest BCUT2D eigenvalue weighted by Crippen LogP contribution is 2.18. The number of amides is 1. The van der Waals surface area contributed by atoms with Gasteiger partial charge in [-0.1, -0.05) is 23.2 Å². The number of benzene rings is 1. The van der Waals surface area contributed by atoms with Crippen LogP contribution in [-0.2, 0) is 0 Å². The molecule has 0 bridgehead atoms. The molecule has 1 fully saturated rings. The van der Waals surface area contributed by atoms with Gasteiger partial charge in [-0.2, -0.15) is 0 Å². The molecule has 0 aromatic heterocycles. The Morgan fingerprint density at radius 2 is 1.80 bits per heavy atom. The number of carbonyl (C=O) groups is 1. The molecule has 4 nitrogen and oxygen atoms in total. The van der Waals surface area contributed by atoms with Crippen LogP contribution in [0, 0.1) is 0 Å². The van der Waals surface area contributed by atoms with Crippen molar-refractivity contribution in [2.75, 3.05) is 39.3 Å². The Morgan fingerprint density at radius 1 is 1.20 bits per heavy atom. The molecule has 112 valence electrons. The van der Waals surface area contributed by atoms with E-state index in [-0.39, 0.29) is 18.3 Å². The normalized spacial score (nSPS) is 15.5. The fourth-order valence-corrected chi connectivity index (χ4v) is 2.58. The molecule has 0 atom stereocenters. The molecule has 1 aromatic rings. The largest absolute Gasteiger partial charge is 0.351 e. The summed E-state index contributed by atoms with van der Waals surface area (Å²) < 4.78 is 0. The van der Waals surface area contributed by atoms with Gasteiger partial charge in [0.1, 0.15) is 0 Å². The van der Waals surface area contributed by atoms with E-state index in [1.54, 1.807) is 18.2 Å². The van der Waals surface area contributed by atoms with E-state index in [4.69, 9.17) is 23.2 Å². The second kappa shape index (κ2) is 8.70. The van der Waals surface area contributed by atoms with Crippen LogP contribution in [0.15, 0.2) is 18.2 Å². The van der Waals surface area contributed by atoms with E-state index < -0.39 is 0 Å². The highest BCUT2D eigenvalue weighted by atomic mass is 35.5. The van der Waals surface area contributed by atoms with Crippen LogP contribution in [0.3, 0.4) is 0 Å². The second-order valence-corrected chi connectivity index (χ2v) is 5.38. The fraction of sp³-hybridized carbons (Fsp3) is 0.462. The minimum atomic E-state index is -0.139. The van der Waals surface area contributed by atoms with Gasteiger partial charge in [-0.05, 0) is 18.2 Å². The quantitative estimate of drug-likeness (QED) is 0.883. The van der Waals surface area contributed by atoms with Gasteiger partial charge in [0, 0.05) is 54.9 Å². The molecule has 1 saturated heterocycles. The maximum Gasteiger partial charge on any atom is 0.251 e. The summed E-state index contributed by atoms with van der Waals surface area (Å²) in [5.41, 5.74) is 0.498. The first kappa shape index (κ1) is 17.5. The van der Waals surface area contributed by atoms with Crippen LogP contribution in [0.25, 0.3) is 0 Å². The smallest absolute Gasteiger partial charge is 0.251 e. The number of nitrogens with one attached hydrogen (secondary N) is 2. The molecular formula is C13H18Cl3N3O. The maximum absolute atomic E-state index is 11.9. The average molecular weight is 339 g/mol. The molecule has 1 amide bonds. The lowest BCUT2D eigenvalue weighted by Crippen LogP contribution is -2.46. The molecule has 20 heavy (non-hydrogen) atoms. The van der Waals surface area contributed by atoms with E-state index in [2.05, 4.69) is 15.5 Å². The van der Waals surface area contributed by atoms with Crippen molar-refractivity contribution in [1.82, 2.24) is 15.5 Å². The molecule has 1 aromatic carbocycles. The van der Waals surface area contributed by atoms with Gasteiger partial charge in [-0.3, -0.25) is 9.69 Å². The van der Waals surface area contributed by atoms with Crippen LogP contribution in [0.5, 0.6) is 0 Å². The Labute approximate surface area is 135 Å². The van der Waals surface area contributed by atoms with E-state index in [9.17, 15) is 4.79 Å². The molecule has 1 aliphatic heterocycles. The summed E-state index contributed by atoms with van der Waals surface area (Å²) in [5, 5.41) is 7.12. The lowest BCUT2D eigenvalue weighted by Gasteiger charge is -2.27. The Bertz CT molecular complexity index is 430. The molecule has 0 spiro atoms. The average Bonchev–Trinajstić information content (AvgIpc) is 2.38. The molecule has 1 heterocycles. The summed E-state index contributed by atoms with van der Waals surface area (Å²) in [5.74, 6) is -0.139. The third-order valence-corrected chi connectivity index (χ3v) is 3.48. The number of hydrogen-bond donors (Lipinski definition) is 2. The minimum Gasteiger partial charge on any atom is -0.351 e. The van der Waals surface area contributed by atoms with E-state index in [0.717, 1.165) is 32.7 Å². The Hall–Kier alpha value is -0.520. The maximum atomic E-state index is 11.9. The summed E-state index contributed by atoms with van der Waals surface area (Å²) >= 11 is 11.7. The van der Waals surface area contributed by atoms with Crippen LogP contribution >= 0.6 is 35.6 Å². The van der Waals surface area contributed by atoms with Gasteiger partial charge in [0.05, 0.1) is 0 Å². The number of hydrogen-bond acceptors (Lipinski definition) is 3. The zero-order chi connectivity index (χ0) is 13.7. The van der Waals surface area contributed by atoms with Crippen LogP contribution in [0.1, 0.15) is 10.4 Å². The monoisotopic (exact) mass is 337 g/mol. The second-order valence-electron chi connectivity index (χ2n) is 4.51. The van der Waals surface area contributed by atoms with Gasteiger partial charge < -0.3 is 10.6 Å². The molecule has 0 radical (unpaired) electrons. The zero-order valence-corrected chi connectivity index (χ0v) is 13.3. The number of carbonyl (C=O) groups excluding carboxylic acids is 1. The van der Waals surface area contributed by atoms with Crippen LogP contribution in [0.4, 0.5) is 0 Å². The van der Waals surface area contributed by atoms with Crippen molar-refractivity contribution in [3.05, 3.63) is 33.8 Å². The van der Waals surface area contributed by atoms with E-state index >= 15 is 0 Å². The summed E-state index contributed by atoms with van der Waals surface area (Å²) in [6.45, 7) is 5.57. The standard InChI is InChI=1S/C13H17Cl2N3O.ClH/c14-11-7-10(8-12(15)9-11)13(19)17-3-6-18-4-1-16-2-5-18;/h7-9,16H,1-6H2,(H,17,19);1H. The third-order valence-electron chi connectivity index (χ3n) is 3.05. The zero-order valence-electron chi connectivity index (χ0n) is 11.0. The van der Waals surface area contributed by atoms with Crippen molar-refractivity contribution < 1.29 is 4.79 Å². The number of rotatable bonds is 4. The SMILES string of the molecule is Cl.O=C(NCCN1CCNCC1)c1cc(Cl)cc(Cl)c1. The summed E-state index contributed by atoms with van der Waals surface area (Å²) in [6, 6.07) is 4.85. The van der Waals surface area contributed by atoms with Gasteiger partial charge in [-0.15, -0.1) is 12.4 Å². The highest BCUT2D eigenvalue weighted by Gasteiger charge is 2.11. The lowest BCUT2D eigenvalue weighted by molar-refractivity contribution is 0.0947. The summed E-state index contributed by atoms with van der Waals surface area (Å²) in [7, 11) is 0. The molecule has 7 heteroatoms. The topological polar surface area (TPSA) is 44.4 Å². The van der Waals surface area contributed by atoms with Gasteiger partial charge in [0.15, 0.2) is 0 Å². The minimum absolute atomic E-state index is 0. The van der Waals surface area contributed by atoms with Crippen LogP contribution in [0.2, 0.25) is 10.0 Å². The van der Waals surface area contributed by atoms with Crippen molar-refractivity contribution >= 4 is 41.5 Å². The first-order valence-electron chi connectivity index (χ1n) is 6.32. The molecule has 2 N–H and O–H groups in total. The number of halogens is 3. The van der Waals surface area contributed by atoms with Crippen molar-refractivity contribution in [2.45, 2.75) is 0 Å². The van der Waals surface area contributed by atoms with Gasteiger partial charge in [0.2, 0.25) is 0 Å². The Balaban J connectivity index is 0.00000200. The van der Waals surface area contributed by atoms with Crippen LogP contribution < -0.4 is 10.6 Å².